The van der Waals surface area contributed by atoms with E-state index in [1.54, 1.807) is 6.20 Å². The first-order chi connectivity index (χ1) is 14.0. The van der Waals surface area contributed by atoms with Crippen LogP contribution in [0.5, 0.6) is 0 Å². The zero-order valence-corrected chi connectivity index (χ0v) is 16.4. The van der Waals surface area contributed by atoms with Crippen LogP contribution >= 0.6 is 0 Å². The van der Waals surface area contributed by atoms with E-state index in [0.717, 1.165) is 42.3 Å². The van der Waals surface area contributed by atoms with Crippen LogP contribution in [0.2, 0.25) is 0 Å². The number of nitrogens with two attached hydrogens (primary N) is 2. The summed E-state index contributed by atoms with van der Waals surface area (Å²) in [6, 6.07) is 9.91. The number of likely N-dealkylation sites (N-methyl/N-ethyl adjacent to an activating group) is 1. The number of hydrogen-bond acceptors (Lipinski definition) is 7. The van der Waals surface area contributed by atoms with Crippen molar-refractivity contribution in [1.82, 2.24) is 15.0 Å². The highest BCUT2D eigenvalue weighted by molar-refractivity contribution is 5.98. The van der Waals surface area contributed by atoms with Crippen LogP contribution in [-0.4, -0.2) is 40.0 Å². The molecule has 0 saturated heterocycles. The first kappa shape index (κ1) is 19.1. The maximum absolute atomic E-state index is 11.9. The highest BCUT2D eigenvalue weighted by Crippen LogP contribution is 2.27. The minimum absolute atomic E-state index is 0.0798. The number of rotatable bonds is 5. The van der Waals surface area contributed by atoms with Crippen LogP contribution in [-0.2, 0) is 0 Å². The van der Waals surface area contributed by atoms with E-state index in [9.17, 15) is 4.79 Å². The van der Waals surface area contributed by atoms with E-state index < -0.39 is 5.91 Å². The molecule has 1 aromatic carbocycles. The van der Waals surface area contributed by atoms with Crippen molar-refractivity contribution in [3.8, 4) is 0 Å². The van der Waals surface area contributed by atoms with Gasteiger partial charge in [-0.15, -0.1) is 0 Å². The Morgan fingerprint density at radius 2 is 2.03 bits per heavy atom. The maximum Gasteiger partial charge on any atom is 0.254 e. The molecule has 1 aliphatic rings. The molecule has 150 valence electrons. The molecule has 2 aromatic heterocycles. The van der Waals surface area contributed by atoms with Gasteiger partial charge in [-0.1, -0.05) is 25.0 Å². The van der Waals surface area contributed by atoms with Gasteiger partial charge in [-0.3, -0.25) is 9.78 Å². The molecule has 8 nitrogen and oxygen atoms in total. The van der Waals surface area contributed by atoms with Gasteiger partial charge in [-0.05, 0) is 31.0 Å². The minimum atomic E-state index is -0.588. The van der Waals surface area contributed by atoms with Crippen LogP contribution in [0, 0.1) is 0 Å². The second-order valence-corrected chi connectivity index (χ2v) is 7.46. The normalized spacial score (nSPS) is 19.1. The van der Waals surface area contributed by atoms with Gasteiger partial charge in [0, 0.05) is 42.6 Å². The zero-order chi connectivity index (χ0) is 20.4. The van der Waals surface area contributed by atoms with Crippen LogP contribution in [0.15, 0.2) is 42.7 Å². The van der Waals surface area contributed by atoms with Crippen LogP contribution in [0.1, 0.15) is 36.0 Å². The van der Waals surface area contributed by atoms with Crippen molar-refractivity contribution in [2.45, 2.75) is 37.8 Å². The molecular weight excluding hydrogens is 366 g/mol. The number of aromatic nitrogens is 3. The molecule has 5 N–H and O–H groups in total. The number of pyridine rings is 1. The monoisotopic (exact) mass is 391 g/mol. The summed E-state index contributed by atoms with van der Waals surface area (Å²) < 4.78 is 0. The van der Waals surface area contributed by atoms with E-state index >= 15 is 0 Å². The van der Waals surface area contributed by atoms with Gasteiger partial charge in [0.1, 0.15) is 11.4 Å². The van der Waals surface area contributed by atoms with E-state index in [1.807, 2.05) is 42.3 Å². The minimum Gasteiger partial charge on any atom is -0.365 e. The number of carbonyl (C=O) groups is 1. The summed E-state index contributed by atoms with van der Waals surface area (Å²) in [5.74, 6) is 0.294. The van der Waals surface area contributed by atoms with Crippen molar-refractivity contribution < 1.29 is 4.79 Å². The highest BCUT2D eigenvalue weighted by Gasteiger charge is 2.27. The van der Waals surface area contributed by atoms with E-state index in [4.69, 9.17) is 11.5 Å². The quantitative estimate of drug-likeness (QED) is 0.611. The van der Waals surface area contributed by atoms with Crippen molar-refractivity contribution in [2.24, 2.45) is 11.5 Å². The number of anilines is 3. The van der Waals surface area contributed by atoms with Crippen molar-refractivity contribution in [3.63, 3.8) is 0 Å². The lowest BCUT2D eigenvalue weighted by Crippen LogP contribution is -2.48. The molecule has 1 aliphatic carbocycles. The number of primary amides is 1. The number of benzene rings is 1. The molecule has 2 atom stereocenters. The molecule has 4 rings (SSSR count). The standard InChI is InChI=1S/C21H25N7O/c1-28(18-7-3-2-6-16(18)22)21-25-12-15(19(23)29)20(27-21)26-14-9-8-13-5-4-10-24-17(13)11-14/h4-5,8-12,16,18H,2-3,6-7,22H2,1H3,(H2,23,29)(H,25,26,27). The Hall–Kier alpha value is -3.26. The summed E-state index contributed by atoms with van der Waals surface area (Å²) in [6.45, 7) is 0. The number of fused-ring (bicyclic) bond motifs is 1. The molecule has 0 bridgehead atoms. The van der Waals surface area contributed by atoms with Crippen LogP contribution in [0.4, 0.5) is 17.5 Å². The fraction of sp³-hybridized carbons (Fsp3) is 0.333. The van der Waals surface area contributed by atoms with Crippen LogP contribution in [0.3, 0.4) is 0 Å². The van der Waals surface area contributed by atoms with Gasteiger partial charge >= 0.3 is 0 Å². The smallest absolute Gasteiger partial charge is 0.254 e. The van der Waals surface area contributed by atoms with Crippen molar-refractivity contribution in [2.75, 3.05) is 17.3 Å². The molecule has 2 unspecified atom stereocenters. The maximum atomic E-state index is 11.9. The second kappa shape index (κ2) is 8.00. The predicted octanol–water partition coefficient (Wildman–Crippen LogP) is 2.57. The third-order valence-corrected chi connectivity index (χ3v) is 5.50. The number of nitrogens with one attached hydrogen (secondary N) is 1. The van der Waals surface area contributed by atoms with Crippen molar-refractivity contribution in [3.05, 3.63) is 48.3 Å². The van der Waals surface area contributed by atoms with Gasteiger partial charge in [-0.2, -0.15) is 4.98 Å². The molecule has 0 aliphatic heterocycles. The highest BCUT2D eigenvalue weighted by atomic mass is 16.1. The fourth-order valence-corrected chi connectivity index (χ4v) is 3.87. The Morgan fingerprint density at radius 1 is 1.21 bits per heavy atom. The first-order valence-corrected chi connectivity index (χ1v) is 9.80. The average molecular weight is 391 g/mol. The largest absolute Gasteiger partial charge is 0.365 e. The summed E-state index contributed by atoms with van der Waals surface area (Å²) >= 11 is 0. The van der Waals surface area contributed by atoms with E-state index in [2.05, 4.69) is 20.3 Å². The molecular formula is C21H25N7O. The Morgan fingerprint density at radius 3 is 2.83 bits per heavy atom. The summed E-state index contributed by atoms with van der Waals surface area (Å²) in [5, 5.41) is 4.24. The molecule has 0 spiro atoms. The molecule has 8 heteroatoms. The molecule has 1 saturated carbocycles. The Bertz CT molecular complexity index is 1040. The lowest BCUT2D eigenvalue weighted by Gasteiger charge is -2.36. The van der Waals surface area contributed by atoms with Gasteiger partial charge < -0.3 is 21.7 Å². The molecule has 1 amide bonds. The summed E-state index contributed by atoms with van der Waals surface area (Å²) in [7, 11) is 1.94. The van der Waals surface area contributed by atoms with E-state index in [-0.39, 0.29) is 17.6 Å². The average Bonchev–Trinajstić information content (AvgIpc) is 2.73. The lowest BCUT2D eigenvalue weighted by molar-refractivity contribution is 0.100. The SMILES string of the molecule is CN(c1ncc(C(N)=O)c(Nc2ccc3cccnc3c2)n1)C1CCCCC1N. The Kier molecular flexibility index (Phi) is 5.26. The third kappa shape index (κ3) is 3.97. The Balaban J connectivity index is 1.66. The van der Waals surface area contributed by atoms with Crippen LogP contribution < -0.4 is 21.7 Å². The molecule has 0 radical (unpaired) electrons. The Labute approximate surface area is 169 Å². The van der Waals surface area contributed by atoms with Crippen molar-refractivity contribution in [1.29, 1.82) is 0 Å². The lowest BCUT2D eigenvalue weighted by atomic mass is 9.90. The molecule has 1 fully saturated rings. The van der Waals surface area contributed by atoms with E-state index in [1.165, 1.54) is 6.20 Å². The number of nitrogens with zero attached hydrogens (tertiary/aromatic N) is 4. The first-order valence-electron chi connectivity index (χ1n) is 9.80. The van der Waals surface area contributed by atoms with Gasteiger partial charge in [0.2, 0.25) is 5.95 Å². The molecule has 2 heterocycles. The number of carbonyl (C=O) groups excluding carboxylic acids is 1. The van der Waals surface area contributed by atoms with Gasteiger partial charge in [0.05, 0.1) is 5.52 Å². The van der Waals surface area contributed by atoms with Gasteiger partial charge in [0.25, 0.3) is 5.91 Å². The van der Waals surface area contributed by atoms with Gasteiger partial charge in [-0.25, -0.2) is 4.98 Å². The van der Waals surface area contributed by atoms with Crippen LogP contribution in [0.25, 0.3) is 10.9 Å². The van der Waals surface area contributed by atoms with Crippen molar-refractivity contribution >= 4 is 34.3 Å². The predicted molar refractivity (Wildman–Crippen MR) is 114 cm³/mol. The summed E-state index contributed by atoms with van der Waals surface area (Å²) in [5.41, 5.74) is 13.7. The number of amides is 1. The molecule has 29 heavy (non-hydrogen) atoms. The van der Waals surface area contributed by atoms with Gasteiger partial charge in [0.15, 0.2) is 0 Å². The third-order valence-electron chi connectivity index (χ3n) is 5.50. The molecule has 3 aromatic rings. The second-order valence-electron chi connectivity index (χ2n) is 7.46. The zero-order valence-electron chi connectivity index (χ0n) is 16.4. The number of hydrogen-bond donors (Lipinski definition) is 3. The topological polar surface area (TPSA) is 123 Å². The summed E-state index contributed by atoms with van der Waals surface area (Å²) in [6.07, 6.45) is 7.48. The summed E-state index contributed by atoms with van der Waals surface area (Å²) in [4.78, 5) is 27.3. The van der Waals surface area contributed by atoms with E-state index in [0.29, 0.717) is 11.8 Å². The fourth-order valence-electron chi connectivity index (χ4n) is 3.87.